The quantitative estimate of drug-likeness (QED) is 0.510. The van der Waals surface area contributed by atoms with E-state index in [9.17, 15) is 9.18 Å². The van der Waals surface area contributed by atoms with Crippen LogP contribution < -0.4 is 15.0 Å². The molecule has 2 aromatic heterocycles. The molecule has 0 aliphatic carbocycles. The van der Waals surface area contributed by atoms with E-state index in [0.717, 1.165) is 21.9 Å². The summed E-state index contributed by atoms with van der Waals surface area (Å²) in [5, 5.41) is 0. The molecule has 8 heteroatoms. The standard InChI is InChI=1S/C23H20FN3O3S/c1-27(11-16-13-29-18-4-2-3-5-19(18)30-16)12-21-25-17-10-20(31-22(17)23(28)26-21)14-6-8-15(24)9-7-14/h2-10,16H,11-13H2,1H3,(H,25,26,28). The highest BCUT2D eigenvalue weighted by atomic mass is 32.1. The topological polar surface area (TPSA) is 67.5 Å². The second kappa shape index (κ2) is 8.13. The van der Waals surface area contributed by atoms with Crippen molar-refractivity contribution in [1.29, 1.82) is 0 Å². The molecule has 1 unspecified atom stereocenters. The first kappa shape index (κ1) is 19.7. The average molecular weight is 437 g/mol. The van der Waals surface area contributed by atoms with Crippen molar-refractivity contribution in [2.24, 2.45) is 0 Å². The Morgan fingerprint density at radius 2 is 1.97 bits per heavy atom. The summed E-state index contributed by atoms with van der Waals surface area (Å²) in [5.41, 5.74) is 1.33. The summed E-state index contributed by atoms with van der Waals surface area (Å²) in [4.78, 5) is 23.0. The summed E-state index contributed by atoms with van der Waals surface area (Å²) in [7, 11) is 1.95. The highest BCUT2D eigenvalue weighted by molar-refractivity contribution is 7.22. The molecule has 1 atom stereocenters. The van der Waals surface area contributed by atoms with Gasteiger partial charge in [-0.3, -0.25) is 9.69 Å². The lowest BCUT2D eigenvalue weighted by Crippen LogP contribution is -2.39. The molecule has 0 saturated carbocycles. The fourth-order valence-electron chi connectivity index (χ4n) is 3.64. The second-order valence-corrected chi connectivity index (χ2v) is 8.59. The van der Waals surface area contributed by atoms with Crippen molar-refractivity contribution in [1.82, 2.24) is 14.9 Å². The van der Waals surface area contributed by atoms with Crippen LogP contribution >= 0.6 is 11.3 Å². The van der Waals surface area contributed by atoms with Gasteiger partial charge in [-0.2, -0.15) is 0 Å². The third-order valence-corrected chi connectivity index (χ3v) is 6.24. The van der Waals surface area contributed by atoms with Crippen LogP contribution in [0.2, 0.25) is 0 Å². The van der Waals surface area contributed by atoms with E-state index in [1.807, 2.05) is 42.3 Å². The molecule has 6 nitrogen and oxygen atoms in total. The van der Waals surface area contributed by atoms with Gasteiger partial charge >= 0.3 is 0 Å². The van der Waals surface area contributed by atoms with Crippen molar-refractivity contribution in [3.63, 3.8) is 0 Å². The van der Waals surface area contributed by atoms with Gasteiger partial charge in [-0.25, -0.2) is 9.37 Å². The number of aromatic amines is 1. The van der Waals surface area contributed by atoms with Gasteiger partial charge in [-0.05, 0) is 42.9 Å². The van der Waals surface area contributed by atoms with Gasteiger partial charge in [-0.1, -0.05) is 24.3 Å². The van der Waals surface area contributed by atoms with E-state index >= 15 is 0 Å². The van der Waals surface area contributed by atoms with Gasteiger partial charge in [0.2, 0.25) is 0 Å². The Bertz CT molecular complexity index is 1290. The number of fused-ring (bicyclic) bond motifs is 2. The van der Waals surface area contributed by atoms with Crippen LogP contribution in [-0.2, 0) is 6.54 Å². The lowest BCUT2D eigenvalue weighted by molar-refractivity contribution is 0.0632. The SMILES string of the molecule is CN(Cc1nc2cc(-c3ccc(F)cc3)sc2c(=O)[nH]1)CC1COc2ccccc2O1. The van der Waals surface area contributed by atoms with Crippen LogP contribution in [-0.4, -0.2) is 41.2 Å². The number of aromatic nitrogens is 2. The van der Waals surface area contributed by atoms with Crippen LogP contribution in [0.3, 0.4) is 0 Å². The van der Waals surface area contributed by atoms with Gasteiger partial charge in [0.15, 0.2) is 11.5 Å². The predicted molar refractivity (Wildman–Crippen MR) is 118 cm³/mol. The first-order valence-corrected chi connectivity index (χ1v) is 10.7. The monoisotopic (exact) mass is 437 g/mol. The molecule has 0 radical (unpaired) electrons. The minimum absolute atomic E-state index is 0.110. The number of hydrogen-bond donors (Lipinski definition) is 1. The molecule has 0 spiro atoms. The number of nitrogens with one attached hydrogen (secondary N) is 1. The molecular weight excluding hydrogens is 417 g/mol. The number of likely N-dealkylation sites (N-methyl/N-ethyl adjacent to an activating group) is 1. The van der Waals surface area contributed by atoms with Gasteiger partial charge in [0.1, 0.15) is 29.1 Å². The van der Waals surface area contributed by atoms with Crippen molar-refractivity contribution >= 4 is 21.6 Å². The summed E-state index contributed by atoms with van der Waals surface area (Å²) >= 11 is 1.35. The van der Waals surface area contributed by atoms with E-state index in [4.69, 9.17) is 9.47 Å². The van der Waals surface area contributed by atoms with Crippen LogP contribution in [0.4, 0.5) is 4.39 Å². The molecule has 3 heterocycles. The summed E-state index contributed by atoms with van der Waals surface area (Å²) in [6, 6.07) is 15.7. The molecule has 1 aliphatic heterocycles. The molecular formula is C23H20FN3O3S. The first-order chi connectivity index (χ1) is 15.0. The number of rotatable bonds is 5. The lowest BCUT2D eigenvalue weighted by atomic mass is 10.2. The Hall–Kier alpha value is -3.23. The maximum atomic E-state index is 13.2. The van der Waals surface area contributed by atoms with Crippen LogP contribution in [0.25, 0.3) is 20.7 Å². The summed E-state index contributed by atoms with van der Waals surface area (Å²) < 4.78 is 25.5. The van der Waals surface area contributed by atoms with Gasteiger partial charge < -0.3 is 14.5 Å². The van der Waals surface area contributed by atoms with Crippen molar-refractivity contribution in [3.8, 4) is 21.9 Å². The lowest BCUT2D eigenvalue weighted by Gasteiger charge is -2.29. The minimum atomic E-state index is -0.290. The molecule has 0 fully saturated rings. The van der Waals surface area contributed by atoms with Gasteiger partial charge in [0.05, 0.1) is 12.1 Å². The third-order valence-electron chi connectivity index (χ3n) is 5.06. The van der Waals surface area contributed by atoms with E-state index in [1.54, 1.807) is 12.1 Å². The first-order valence-electron chi connectivity index (χ1n) is 9.91. The predicted octanol–water partition coefficient (Wildman–Crippen LogP) is 4.06. The Labute approximate surface area is 181 Å². The minimum Gasteiger partial charge on any atom is -0.486 e. The number of thiophene rings is 1. The molecule has 1 N–H and O–H groups in total. The summed E-state index contributed by atoms with van der Waals surface area (Å²) in [6.45, 7) is 1.56. The molecule has 4 aromatic rings. The number of ether oxygens (including phenoxy) is 2. The summed E-state index contributed by atoms with van der Waals surface area (Å²) in [6.07, 6.45) is -0.110. The Kier molecular flexibility index (Phi) is 5.17. The maximum absolute atomic E-state index is 13.2. The largest absolute Gasteiger partial charge is 0.486 e. The zero-order chi connectivity index (χ0) is 21.4. The summed E-state index contributed by atoms with van der Waals surface area (Å²) in [5.74, 6) is 1.79. The zero-order valence-corrected chi connectivity index (χ0v) is 17.6. The smallest absolute Gasteiger partial charge is 0.268 e. The zero-order valence-electron chi connectivity index (χ0n) is 16.8. The van der Waals surface area contributed by atoms with Gasteiger partial charge in [0, 0.05) is 11.4 Å². The average Bonchev–Trinajstić information content (AvgIpc) is 3.19. The Morgan fingerprint density at radius 1 is 1.19 bits per heavy atom. The Balaban J connectivity index is 1.31. The number of halogens is 1. The number of nitrogens with zero attached hydrogens (tertiary/aromatic N) is 2. The van der Waals surface area contributed by atoms with Gasteiger partial charge in [0.25, 0.3) is 5.56 Å². The van der Waals surface area contributed by atoms with Crippen LogP contribution in [0.5, 0.6) is 11.5 Å². The molecule has 0 saturated heterocycles. The van der Waals surface area contributed by atoms with Crippen molar-refractivity contribution < 1.29 is 13.9 Å². The fourth-order valence-corrected chi connectivity index (χ4v) is 4.64. The molecule has 0 bridgehead atoms. The Morgan fingerprint density at radius 3 is 2.77 bits per heavy atom. The maximum Gasteiger partial charge on any atom is 0.268 e. The second-order valence-electron chi connectivity index (χ2n) is 7.54. The van der Waals surface area contributed by atoms with Crippen molar-refractivity contribution in [2.75, 3.05) is 20.2 Å². The van der Waals surface area contributed by atoms with Crippen LogP contribution in [0.1, 0.15) is 5.82 Å². The molecule has 0 amide bonds. The van der Waals surface area contributed by atoms with E-state index in [0.29, 0.717) is 35.7 Å². The molecule has 5 rings (SSSR count). The van der Waals surface area contributed by atoms with Gasteiger partial charge in [-0.15, -0.1) is 11.3 Å². The van der Waals surface area contributed by atoms with E-state index in [-0.39, 0.29) is 17.5 Å². The van der Waals surface area contributed by atoms with Crippen molar-refractivity contribution in [2.45, 2.75) is 12.6 Å². The van der Waals surface area contributed by atoms with Crippen molar-refractivity contribution in [3.05, 3.63) is 76.6 Å². The molecule has 2 aromatic carbocycles. The molecule has 1 aliphatic rings. The highest BCUT2D eigenvalue weighted by Gasteiger charge is 2.22. The number of hydrogen-bond acceptors (Lipinski definition) is 6. The van der Waals surface area contributed by atoms with Crippen LogP contribution in [0.15, 0.2) is 59.4 Å². The molecule has 158 valence electrons. The normalized spacial score (nSPS) is 15.5. The number of para-hydroxylation sites is 2. The number of H-pyrrole nitrogens is 1. The highest BCUT2D eigenvalue weighted by Crippen LogP contribution is 2.32. The van der Waals surface area contributed by atoms with Crippen LogP contribution in [0, 0.1) is 5.82 Å². The van der Waals surface area contributed by atoms with E-state index in [2.05, 4.69) is 9.97 Å². The van der Waals surface area contributed by atoms with E-state index in [1.165, 1.54) is 23.5 Å². The number of benzene rings is 2. The fraction of sp³-hybridized carbons (Fsp3) is 0.217. The third kappa shape index (κ3) is 4.17. The molecule has 31 heavy (non-hydrogen) atoms. The van der Waals surface area contributed by atoms with E-state index < -0.39 is 0 Å².